The van der Waals surface area contributed by atoms with E-state index in [0.29, 0.717) is 5.82 Å². The van der Waals surface area contributed by atoms with Crippen LogP contribution in [0.15, 0.2) is 57.9 Å². The third-order valence-electron chi connectivity index (χ3n) is 4.12. The van der Waals surface area contributed by atoms with Crippen molar-refractivity contribution in [2.24, 2.45) is 0 Å². The lowest BCUT2D eigenvalue weighted by Gasteiger charge is -2.15. The molecule has 0 aliphatic heterocycles. The first-order chi connectivity index (χ1) is 13.3. The minimum absolute atomic E-state index is 0.0220. The molecule has 0 aliphatic rings. The van der Waals surface area contributed by atoms with Crippen molar-refractivity contribution in [2.75, 3.05) is 14.1 Å². The summed E-state index contributed by atoms with van der Waals surface area (Å²) >= 11 is 0. The second-order valence-electron chi connectivity index (χ2n) is 6.28. The molecule has 0 saturated heterocycles. The molecular formula is C19H20N4O4S. The Bertz CT molecular complexity index is 1110. The lowest BCUT2D eigenvalue weighted by atomic mass is 10.1. The molecule has 146 valence electrons. The fourth-order valence-corrected chi connectivity index (χ4v) is 3.41. The van der Waals surface area contributed by atoms with Crippen LogP contribution >= 0.6 is 0 Å². The fraction of sp³-hybridized carbons (Fsp3) is 0.211. The van der Waals surface area contributed by atoms with Gasteiger partial charge in [-0.15, -0.1) is 0 Å². The molecule has 9 heteroatoms. The van der Waals surface area contributed by atoms with Gasteiger partial charge in [-0.25, -0.2) is 13.1 Å². The quantitative estimate of drug-likeness (QED) is 0.680. The first-order valence-corrected chi connectivity index (χ1v) is 9.97. The van der Waals surface area contributed by atoms with E-state index in [1.54, 1.807) is 13.1 Å². The lowest BCUT2D eigenvalue weighted by molar-refractivity contribution is 0.0769. The van der Waals surface area contributed by atoms with Crippen molar-refractivity contribution in [3.8, 4) is 11.4 Å². The molecule has 0 bridgehead atoms. The Morgan fingerprint density at radius 1 is 1.18 bits per heavy atom. The standard InChI is InChI=1S/C19H20N4O4S/c1-13-6-4-7-14(10-13)18-21-17(27-22-18)12-23(3)19(24)15-8-5-9-16(11-15)28(25,26)20-2/h4-11,20H,12H2,1-3H3. The molecule has 0 aliphatic carbocycles. The normalized spacial score (nSPS) is 11.4. The Balaban J connectivity index is 1.76. The number of carbonyl (C=O) groups is 1. The van der Waals surface area contributed by atoms with Crippen LogP contribution < -0.4 is 4.72 Å². The van der Waals surface area contributed by atoms with Gasteiger partial charge in [-0.2, -0.15) is 4.98 Å². The van der Waals surface area contributed by atoms with Crippen LogP contribution in [-0.2, 0) is 16.6 Å². The van der Waals surface area contributed by atoms with Gasteiger partial charge in [-0.3, -0.25) is 4.79 Å². The number of hydrogen-bond donors (Lipinski definition) is 1. The van der Waals surface area contributed by atoms with Crippen LogP contribution in [0.1, 0.15) is 21.8 Å². The average molecular weight is 400 g/mol. The van der Waals surface area contributed by atoms with Crippen molar-refractivity contribution in [3.05, 3.63) is 65.5 Å². The van der Waals surface area contributed by atoms with Crippen LogP contribution in [0.4, 0.5) is 0 Å². The Morgan fingerprint density at radius 3 is 2.64 bits per heavy atom. The molecule has 1 aromatic heterocycles. The number of hydrogen-bond acceptors (Lipinski definition) is 6. The number of nitrogens with zero attached hydrogens (tertiary/aromatic N) is 3. The highest BCUT2D eigenvalue weighted by Crippen LogP contribution is 2.18. The van der Waals surface area contributed by atoms with E-state index in [1.807, 2.05) is 31.2 Å². The molecule has 1 amide bonds. The highest BCUT2D eigenvalue weighted by Gasteiger charge is 2.19. The van der Waals surface area contributed by atoms with Gasteiger partial charge in [0.1, 0.15) is 0 Å². The molecule has 0 radical (unpaired) electrons. The largest absolute Gasteiger partial charge is 0.337 e. The summed E-state index contributed by atoms with van der Waals surface area (Å²) in [5.41, 5.74) is 2.15. The van der Waals surface area contributed by atoms with Crippen LogP contribution in [0.5, 0.6) is 0 Å². The topological polar surface area (TPSA) is 105 Å². The maximum atomic E-state index is 12.7. The number of amides is 1. The molecular weight excluding hydrogens is 380 g/mol. The van der Waals surface area contributed by atoms with E-state index in [-0.39, 0.29) is 28.8 Å². The summed E-state index contributed by atoms with van der Waals surface area (Å²) in [4.78, 5) is 18.4. The van der Waals surface area contributed by atoms with Gasteiger partial charge in [-0.1, -0.05) is 35.0 Å². The van der Waals surface area contributed by atoms with Crippen molar-refractivity contribution in [3.63, 3.8) is 0 Å². The van der Waals surface area contributed by atoms with Crippen molar-refractivity contribution in [1.82, 2.24) is 19.8 Å². The van der Waals surface area contributed by atoms with Gasteiger partial charge in [-0.05, 0) is 38.2 Å². The second kappa shape index (κ2) is 7.91. The third kappa shape index (κ3) is 4.26. The number of aromatic nitrogens is 2. The van der Waals surface area contributed by atoms with E-state index in [0.717, 1.165) is 11.1 Å². The Kier molecular flexibility index (Phi) is 5.57. The van der Waals surface area contributed by atoms with Crippen LogP contribution in [0.25, 0.3) is 11.4 Å². The molecule has 0 saturated carbocycles. The molecule has 1 N–H and O–H groups in total. The molecule has 8 nitrogen and oxygen atoms in total. The van der Waals surface area contributed by atoms with Gasteiger partial charge in [0, 0.05) is 18.2 Å². The van der Waals surface area contributed by atoms with Crippen molar-refractivity contribution in [1.29, 1.82) is 0 Å². The van der Waals surface area contributed by atoms with Crippen molar-refractivity contribution < 1.29 is 17.7 Å². The van der Waals surface area contributed by atoms with Gasteiger partial charge >= 0.3 is 0 Å². The molecule has 0 atom stereocenters. The van der Waals surface area contributed by atoms with E-state index < -0.39 is 10.0 Å². The number of carbonyl (C=O) groups excluding carboxylic acids is 1. The van der Waals surface area contributed by atoms with Gasteiger partial charge < -0.3 is 9.42 Å². The summed E-state index contributed by atoms with van der Waals surface area (Å²) in [6, 6.07) is 13.5. The zero-order chi connectivity index (χ0) is 20.3. The Labute approximate surface area is 163 Å². The third-order valence-corrected chi connectivity index (χ3v) is 5.54. The van der Waals surface area contributed by atoms with Crippen LogP contribution in [0, 0.1) is 6.92 Å². The highest BCUT2D eigenvalue weighted by atomic mass is 32.2. The summed E-state index contributed by atoms with van der Waals surface area (Å²) in [5, 5.41) is 3.96. The van der Waals surface area contributed by atoms with Gasteiger partial charge in [0.05, 0.1) is 11.4 Å². The number of aryl methyl sites for hydroxylation is 1. The summed E-state index contributed by atoms with van der Waals surface area (Å²) in [7, 11) is -0.733. The molecule has 28 heavy (non-hydrogen) atoms. The van der Waals surface area contributed by atoms with Crippen LogP contribution in [0.3, 0.4) is 0 Å². The first-order valence-electron chi connectivity index (χ1n) is 8.49. The predicted octanol–water partition coefficient (Wildman–Crippen LogP) is 2.23. The minimum atomic E-state index is -3.63. The fourth-order valence-electron chi connectivity index (χ4n) is 2.63. The maximum absolute atomic E-state index is 12.7. The molecule has 0 unspecified atom stereocenters. The second-order valence-corrected chi connectivity index (χ2v) is 8.16. The average Bonchev–Trinajstić information content (AvgIpc) is 3.16. The monoisotopic (exact) mass is 400 g/mol. The van der Waals surface area contributed by atoms with Gasteiger partial charge in [0.25, 0.3) is 5.91 Å². The molecule has 2 aromatic carbocycles. The zero-order valence-electron chi connectivity index (χ0n) is 15.7. The van der Waals surface area contributed by atoms with Crippen LogP contribution in [0.2, 0.25) is 0 Å². The van der Waals surface area contributed by atoms with Gasteiger partial charge in [0.15, 0.2) is 0 Å². The Hall–Kier alpha value is -3.04. The predicted molar refractivity (Wildman–Crippen MR) is 103 cm³/mol. The Morgan fingerprint density at radius 2 is 1.93 bits per heavy atom. The SMILES string of the molecule is CNS(=O)(=O)c1cccc(C(=O)N(C)Cc2nc(-c3cccc(C)c3)no2)c1. The maximum Gasteiger partial charge on any atom is 0.254 e. The van der Waals surface area contributed by atoms with E-state index in [4.69, 9.17) is 4.52 Å². The molecule has 0 spiro atoms. The van der Waals surface area contributed by atoms with Crippen molar-refractivity contribution in [2.45, 2.75) is 18.4 Å². The first kappa shape index (κ1) is 19.7. The number of rotatable bonds is 6. The van der Waals surface area contributed by atoms with E-state index in [2.05, 4.69) is 14.9 Å². The zero-order valence-corrected chi connectivity index (χ0v) is 16.5. The summed E-state index contributed by atoms with van der Waals surface area (Å²) in [6.07, 6.45) is 0. The molecule has 0 fully saturated rings. The number of sulfonamides is 1. The highest BCUT2D eigenvalue weighted by molar-refractivity contribution is 7.89. The van der Waals surface area contributed by atoms with Crippen LogP contribution in [-0.4, -0.2) is 43.5 Å². The van der Waals surface area contributed by atoms with E-state index in [1.165, 1.54) is 30.1 Å². The van der Waals surface area contributed by atoms with Crippen molar-refractivity contribution >= 4 is 15.9 Å². The summed E-state index contributed by atoms with van der Waals surface area (Å²) in [5.74, 6) is 0.372. The number of benzene rings is 2. The molecule has 3 aromatic rings. The summed E-state index contributed by atoms with van der Waals surface area (Å²) < 4.78 is 31.3. The number of nitrogens with one attached hydrogen (secondary N) is 1. The van der Waals surface area contributed by atoms with E-state index >= 15 is 0 Å². The molecule has 1 heterocycles. The van der Waals surface area contributed by atoms with E-state index in [9.17, 15) is 13.2 Å². The molecule has 3 rings (SSSR count). The summed E-state index contributed by atoms with van der Waals surface area (Å²) in [6.45, 7) is 2.07. The lowest BCUT2D eigenvalue weighted by Crippen LogP contribution is -2.27. The van der Waals surface area contributed by atoms with Gasteiger partial charge in [0.2, 0.25) is 21.7 Å². The minimum Gasteiger partial charge on any atom is -0.337 e. The smallest absolute Gasteiger partial charge is 0.254 e.